The minimum atomic E-state index is -3.14. The van der Waals surface area contributed by atoms with Crippen LogP contribution in [0.25, 0.3) is 0 Å². The Hall–Kier alpha value is 0.380. The topological polar surface area (TPSA) is 74.6 Å². The van der Waals surface area contributed by atoms with Crippen LogP contribution in [0.1, 0.15) is 26.7 Å². The van der Waals surface area contributed by atoms with E-state index in [1.165, 1.54) is 0 Å². The predicted octanol–water partition coefficient (Wildman–Crippen LogP) is 2.35. The van der Waals surface area contributed by atoms with Gasteiger partial charge in [-0.3, -0.25) is 9.13 Å². The van der Waals surface area contributed by atoms with Crippen LogP contribution in [0.4, 0.5) is 0 Å². The molecule has 0 rings (SSSR count). The molecule has 0 heterocycles. The second-order valence-corrected chi connectivity index (χ2v) is 8.76. The molecular formula is C8H20O4P2. The molecule has 0 amide bonds. The zero-order chi connectivity index (χ0) is 11.2. The van der Waals surface area contributed by atoms with Crippen molar-refractivity contribution < 1.29 is 18.9 Å². The Morgan fingerprint density at radius 2 is 1.07 bits per heavy atom. The van der Waals surface area contributed by atoms with Crippen molar-refractivity contribution in [2.45, 2.75) is 26.7 Å². The summed E-state index contributed by atoms with van der Waals surface area (Å²) in [6.07, 6.45) is 1.73. The molecule has 0 fully saturated rings. The van der Waals surface area contributed by atoms with Crippen LogP contribution in [0.15, 0.2) is 0 Å². The molecule has 6 heteroatoms. The van der Waals surface area contributed by atoms with Gasteiger partial charge in [-0.1, -0.05) is 13.8 Å². The van der Waals surface area contributed by atoms with Crippen molar-refractivity contribution in [3.63, 3.8) is 0 Å². The Labute approximate surface area is 85.6 Å². The summed E-state index contributed by atoms with van der Waals surface area (Å²) in [5.74, 6) is 0. The highest BCUT2D eigenvalue weighted by Gasteiger charge is 2.24. The van der Waals surface area contributed by atoms with E-state index in [1.807, 2.05) is 13.8 Å². The van der Waals surface area contributed by atoms with Gasteiger partial charge in [0, 0.05) is 24.6 Å². The zero-order valence-corrected chi connectivity index (χ0v) is 10.6. The van der Waals surface area contributed by atoms with Crippen molar-refractivity contribution in [1.82, 2.24) is 0 Å². The van der Waals surface area contributed by atoms with E-state index in [0.717, 1.165) is 0 Å². The minimum absolute atomic E-state index is 0.0192. The van der Waals surface area contributed by atoms with Crippen LogP contribution in [0.5, 0.6) is 0 Å². The Balaban J connectivity index is 4.04. The van der Waals surface area contributed by atoms with E-state index in [1.54, 1.807) is 0 Å². The van der Waals surface area contributed by atoms with Crippen LogP contribution in [0.3, 0.4) is 0 Å². The molecule has 0 spiro atoms. The lowest BCUT2D eigenvalue weighted by atomic mass is 10.6. The summed E-state index contributed by atoms with van der Waals surface area (Å²) in [6.45, 7) is 3.65. The van der Waals surface area contributed by atoms with Crippen LogP contribution < -0.4 is 0 Å². The standard InChI is InChI=1S/C8H20O4P2/c1-3-5-13(9,10)7-8-14(11,12)6-4-2/h3-8H2,1-2H3,(H,9,10)(H,11,12). The number of hydrogen-bond donors (Lipinski definition) is 2. The fourth-order valence-corrected chi connectivity index (χ4v) is 5.58. The molecular weight excluding hydrogens is 222 g/mol. The van der Waals surface area contributed by atoms with Crippen LogP contribution in [-0.2, 0) is 9.13 Å². The van der Waals surface area contributed by atoms with Crippen molar-refractivity contribution in [3.8, 4) is 0 Å². The summed E-state index contributed by atoms with van der Waals surface area (Å²) >= 11 is 0. The lowest BCUT2D eigenvalue weighted by molar-refractivity contribution is 0.466. The highest BCUT2D eigenvalue weighted by Crippen LogP contribution is 2.48. The summed E-state index contributed by atoms with van der Waals surface area (Å²) in [6, 6.07) is 0. The highest BCUT2D eigenvalue weighted by molar-refractivity contribution is 7.62. The number of rotatable bonds is 7. The monoisotopic (exact) mass is 242 g/mol. The van der Waals surface area contributed by atoms with E-state index < -0.39 is 14.7 Å². The van der Waals surface area contributed by atoms with E-state index in [-0.39, 0.29) is 24.6 Å². The van der Waals surface area contributed by atoms with Crippen molar-refractivity contribution >= 4 is 14.7 Å². The molecule has 0 aliphatic rings. The Bertz CT molecular complexity index is 226. The fraction of sp³-hybridized carbons (Fsp3) is 1.00. The quantitative estimate of drug-likeness (QED) is 0.672. The number of hydrogen-bond acceptors (Lipinski definition) is 2. The van der Waals surface area contributed by atoms with Crippen LogP contribution >= 0.6 is 14.7 Å². The second kappa shape index (κ2) is 6.07. The van der Waals surface area contributed by atoms with E-state index >= 15 is 0 Å². The largest absolute Gasteiger partial charge is 0.344 e. The molecule has 0 aromatic carbocycles. The molecule has 0 aromatic rings. The molecule has 0 aliphatic heterocycles. The minimum Gasteiger partial charge on any atom is -0.344 e. The van der Waals surface area contributed by atoms with Gasteiger partial charge >= 0.3 is 0 Å². The van der Waals surface area contributed by atoms with E-state index in [4.69, 9.17) is 0 Å². The molecule has 86 valence electrons. The van der Waals surface area contributed by atoms with Gasteiger partial charge < -0.3 is 9.79 Å². The van der Waals surface area contributed by atoms with E-state index in [9.17, 15) is 18.9 Å². The van der Waals surface area contributed by atoms with Crippen LogP contribution in [0, 0.1) is 0 Å². The third kappa shape index (κ3) is 6.78. The molecule has 0 radical (unpaired) electrons. The SMILES string of the molecule is CCCP(=O)(O)CCP(=O)(O)CCC. The highest BCUT2D eigenvalue weighted by atomic mass is 31.2. The van der Waals surface area contributed by atoms with Gasteiger partial charge in [0.15, 0.2) is 0 Å². The van der Waals surface area contributed by atoms with Crippen molar-refractivity contribution in [3.05, 3.63) is 0 Å². The Morgan fingerprint density at radius 1 is 0.786 bits per heavy atom. The first kappa shape index (κ1) is 14.4. The maximum atomic E-state index is 11.4. The molecule has 0 aromatic heterocycles. The first-order valence-corrected chi connectivity index (χ1v) is 9.00. The molecule has 2 N–H and O–H groups in total. The predicted molar refractivity (Wildman–Crippen MR) is 59.7 cm³/mol. The van der Waals surface area contributed by atoms with Gasteiger partial charge in [0.25, 0.3) is 0 Å². The first-order valence-electron chi connectivity index (χ1n) is 4.94. The normalized spacial score (nSPS) is 20.0. The average molecular weight is 242 g/mol. The fourth-order valence-electron chi connectivity index (χ4n) is 1.23. The molecule has 2 atom stereocenters. The second-order valence-electron chi connectivity index (χ2n) is 3.59. The third-order valence-corrected chi connectivity index (χ3v) is 6.43. The Morgan fingerprint density at radius 3 is 1.29 bits per heavy atom. The molecule has 0 saturated carbocycles. The van der Waals surface area contributed by atoms with E-state index in [0.29, 0.717) is 12.8 Å². The smallest absolute Gasteiger partial charge is 0.201 e. The van der Waals surface area contributed by atoms with Crippen molar-refractivity contribution in [2.75, 3.05) is 24.6 Å². The maximum Gasteiger partial charge on any atom is 0.201 e. The summed E-state index contributed by atoms with van der Waals surface area (Å²) in [5, 5.41) is 0. The summed E-state index contributed by atoms with van der Waals surface area (Å²) in [5.41, 5.74) is 0. The van der Waals surface area contributed by atoms with Gasteiger partial charge in [-0.2, -0.15) is 0 Å². The van der Waals surface area contributed by atoms with Crippen LogP contribution in [0.2, 0.25) is 0 Å². The van der Waals surface area contributed by atoms with Crippen molar-refractivity contribution in [1.29, 1.82) is 0 Å². The van der Waals surface area contributed by atoms with E-state index in [2.05, 4.69) is 0 Å². The lowest BCUT2D eigenvalue weighted by Crippen LogP contribution is -2.02. The molecule has 2 unspecified atom stereocenters. The third-order valence-electron chi connectivity index (χ3n) is 1.94. The van der Waals surface area contributed by atoms with Gasteiger partial charge in [-0.15, -0.1) is 0 Å². The van der Waals surface area contributed by atoms with Crippen molar-refractivity contribution in [2.24, 2.45) is 0 Å². The molecule has 0 saturated heterocycles. The molecule has 0 bridgehead atoms. The van der Waals surface area contributed by atoms with Gasteiger partial charge in [0.1, 0.15) is 0 Å². The van der Waals surface area contributed by atoms with Gasteiger partial charge in [0.2, 0.25) is 14.7 Å². The molecule has 14 heavy (non-hydrogen) atoms. The summed E-state index contributed by atoms with van der Waals surface area (Å²) < 4.78 is 22.8. The maximum absolute atomic E-state index is 11.4. The molecule has 4 nitrogen and oxygen atoms in total. The van der Waals surface area contributed by atoms with Gasteiger partial charge in [-0.05, 0) is 12.8 Å². The first-order chi connectivity index (χ1) is 6.33. The Kier molecular flexibility index (Phi) is 6.24. The van der Waals surface area contributed by atoms with Gasteiger partial charge in [0.05, 0.1) is 0 Å². The lowest BCUT2D eigenvalue weighted by Gasteiger charge is -2.13. The van der Waals surface area contributed by atoms with Gasteiger partial charge in [-0.25, -0.2) is 0 Å². The summed E-state index contributed by atoms with van der Waals surface area (Å²) in [4.78, 5) is 18.7. The molecule has 0 aliphatic carbocycles. The summed E-state index contributed by atoms with van der Waals surface area (Å²) in [7, 11) is -6.29. The van der Waals surface area contributed by atoms with Crippen LogP contribution in [-0.4, -0.2) is 34.4 Å². The zero-order valence-electron chi connectivity index (χ0n) is 8.85. The average Bonchev–Trinajstić information content (AvgIpc) is 2.01.